The van der Waals surface area contributed by atoms with Gasteiger partial charge in [-0.3, -0.25) is 9.67 Å². The van der Waals surface area contributed by atoms with Gasteiger partial charge < -0.3 is 15.7 Å². The van der Waals surface area contributed by atoms with Crippen LogP contribution >= 0.6 is 0 Å². The molecule has 2 aromatic rings. The second-order valence-electron chi connectivity index (χ2n) is 4.41. The summed E-state index contributed by atoms with van der Waals surface area (Å²) in [5.74, 6) is -1.15. The van der Waals surface area contributed by atoms with Crippen molar-refractivity contribution in [2.45, 2.75) is 12.6 Å². The van der Waals surface area contributed by atoms with E-state index in [-0.39, 0.29) is 6.54 Å². The lowest BCUT2D eigenvalue weighted by molar-refractivity contribution is -0.139. The molecule has 0 spiro atoms. The van der Waals surface area contributed by atoms with Gasteiger partial charge in [-0.25, -0.2) is 9.59 Å². The van der Waals surface area contributed by atoms with Crippen LogP contribution in [0.15, 0.2) is 36.9 Å². The number of nitrogens with one attached hydrogen (secondary N) is 2. The van der Waals surface area contributed by atoms with Crippen LogP contribution in [-0.4, -0.2) is 31.9 Å². The van der Waals surface area contributed by atoms with Crippen LogP contribution in [0.2, 0.25) is 0 Å². The van der Waals surface area contributed by atoms with Crippen molar-refractivity contribution in [3.63, 3.8) is 0 Å². The van der Waals surface area contributed by atoms with Crippen molar-refractivity contribution >= 4 is 12.0 Å². The highest BCUT2D eigenvalue weighted by Gasteiger charge is 2.23. The summed E-state index contributed by atoms with van der Waals surface area (Å²) in [6.45, 7) is 0.263. The van der Waals surface area contributed by atoms with Crippen LogP contribution < -0.4 is 10.6 Å². The molecule has 1 unspecified atom stereocenters. The number of aryl methyl sites for hydroxylation is 1. The number of aliphatic carboxylic acids is 1. The highest BCUT2D eigenvalue weighted by Crippen LogP contribution is 2.11. The Labute approximate surface area is 120 Å². The lowest BCUT2D eigenvalue weighted by Crippen LogP contribution is -2.40. The van der Waals surface area contributed by atoms with E-state index in [1.807, 2.05) is 6.07 Å². The van der Waals surface area contributed by atoms with Crippen molar-refractivity contribution in [1.82, 2.24) is 25.4 Å². The zero-order valence-electron chi connectivity index (χ0n) is 11.4. The first kappa shape index (κ1) is 14.5. The molecule has 0 saturated carbocycles. The number of carboxylic acids is 1. The molecule has 0 saturated heterocycles. The van der Waals surface area contributed by atoms with E-state index >= 15 is 0 Å². The molecular weight excluding hydrogens is 274 g/mol. The number of urea groups is 1. The second kappa shape index (κ2) is 6.51. The SMILES string of the molecule is Cn1cc(C(NC(=O)NCc2cccnc2)C(=O)O)cn1. The molecule has 0 aliphatic heterocycles. The molecule has 2 amide bonds. The maximum absolute atomic E-state index is 11.8. The summed E-state index contributed by atoms with van der Waals surface area (Å²) in [6, 6.07) is 1.84. The predicted molar refractivity (Wildman–Crippen MR) is 73.2 cm³/mol. The molecule has 2 rings (SSSR count). The fourth-order valence-corrected chi connectivity index (χ4v) is 1.74. The summed E-state index contributed by atoms with van der Waals surface area (Å²) in [5, 5.41) is 18.0. The Balaban J connectivity index is 1.94. The van der Waals surface area contributed by atoms with Gasteiger partial charge in [-0.05, 0) is 11.6 Å². The van der Waals surface area contributed by atoms with Gasteiger partial charge in [0.05, 0.1) is 6.20 Å². The van der Waals surface area contributed by atoms with Crippen molar-refractivity contribution in [2.75, 3.05) is 0 Å². The average molecular weight is 289 g/mol. The van der Waals surface area contributed by atoms with E-state index < -0.39 is 18.0 Å². The van der Waals surface area contributed by atoms with E-state index in [2.05, 4.69) is 20.7 Å². The summed E-state index contributed by atoms with van der Waals surface area (Å²) < 4.78 is 1.47. The first-order valence-corrected chi connectivity index (χ1v) is 6.21. The Morgan fingerprint density at radius 1 is 1.43 bits per heavy atom. The summed E-state index contributed by atoms with van der Waals surface area (Å²) in [5.41, 5.74) is 1.22. The molecule has 0 radical (unpaired) electrons. The Kier molecular flexibility index (Phi) is 4.50. The van der Waals surface area contributed by atoms with Gasteiger partial charge in [-0.15, -0.1) is 0 Å². The van der Waals surface area contributed by atoms with Crippen molar-refractivity contribution in [1.29, 1.82) is 0 Å². The van der Waals surface area contributed by atoms with Gasteiger partial charge in [0.2, 0.25) is 0 Å². The van der Waals surface area contributed by atoms with E-state index in [1.54, 1.807) is 31.7 Å². The number of rotatable bonds is 5. The third kappa shape index (κ3) is 4.03. The molecular formula is C13H15N5O3. The molecule has 3 N–H and O–H groups in total. The number of carbonyl (C=O) groups excluding carboxylic acids is 1. The second-order valence-corrected chi connectivity index (χ2v) is 4.41. The molecule has 1 atom stereocenters. The predicted octanol–water partition coefficient (Wildman–Crippen LogP) is 0.440. The standard InChI is InChI=1S/C13H15N5O3/c1-18-8-10(7-16-18)11(12(19)20)17-13(21)15-6-9-3-2-4-14-5-9/h2-5,7-8,11H,6H2,1H3,(H,19,20)(H2,15,17,21). The fourth-order valence-electron chi connectivity index (χ4n) is 1.74. The van der Waals surface area contributed by atoms with Gasteiger partial charge in [0.1, 0.15) is 0 Å². The van der Waals surface area contributed by atoms with Crippen molar-refractivity contribution in [2.24, 2.45) is 7.05 Å². The number of pyridine rings is 1. The maximum atomic E-state index is 11.8. The lowest BCUT2D eigenvalue weighted by Gasteiger charge is -2.13. The van der Waals surface area contributed by atoms with Gasteiger partial charge in [0, 0.05) is 37.7 Å². The zero-order chi connectivity index (χ0) is 15.2. The van der Waals surface area contributed by atoms with Gasteiger partial charge in [-0.2, -0.15) is 5.10 Å². The van der Waals surface area contributed by atoms with Gasteiger partial charge in [0.25, 0.3) is 0 Å². The third-order valence-electron chi connectivity index (χ3n) is 2.76. The largest absolute Gasteiger partial charge is 0.479 e. The molecule has 0 bridgehead atoms. The first-order chi connectivity index (χ1) is 10.1. The van der Waals surface area contributed by atoms with E-state index in [0.29, 0.717) is 5.56 Å². The molecule has 2 heterocycles. The van der Waals surface area contributed by atoms with Gasteiger partial charge >= 0.3 is 12.0 Å². The number of hydrogen-bond acceptors (Lipinski definition) is 4. The number of hydrogen-bond donors (Lipinski definition) is 3. The zero-order valence-corrected chi connectivity index (χ0v) is 11.4. The molecule has 110 valence electrons. The maximum Gasteiger partial charge on any atom is 0.331 e. The van der Waals surface area contributed by atoms with Crippen molar-refractivity contribution in [3.05, 3.63) is 48.0 Å². The van der Waals surface area contributed by atoms with E-state index in [9.17, 15) is 14.7 Å². The van der Waals surface area contributed by atoms with Crippen molar-refractivity contribution in [3.8, 4) is 0 Å². The summed E-state index contributed by atoms with van der Waals surface area (Å²) in [7, 11) is 1.67. The molecule has 2 aromatic heterocycles. The minimum Gasteiger partial charge on any atom is -0.479 e. The molecule has 8 heteroatoms. The Morgan fingerprint density at radius 2 is 2.24 bits per heavy atom. The summed E-state index contributed by atoms with van der Waals surface area (Å²) in [4.78, 5) is 26.9. The minimum absolute atomic E-state index is 0.263. The third-order valence-corrected chi connectivity index (χ3v) is 2.76. The summed E-state index contributed by atoms with van der Waals surface area (Å²) >= 11 is 0. The summed E-state index contributed by atoms with van der Waals surface area (Å²) in [6.07, 6.45) is 6.20. The molecule has 21 heavy (non-hydrogen) atoms. The Bertz CT molecular complexity index is 626. The van der Waals surface area contributed by atoms with Crippen LogP contribution in [0.5, 0.6) is 0 Å². The molecule has 0 aliphatic carbocycles. The quantitative estimate of drug-likeness (QED) is 0.740. The number of carboxylic acid groups (broad SMARTS) is 1. The Hall–Kier alpha value is -2.90. The van der Waals surface area contributed by atoms with Crippen LogP contribution in [0.4, 0.5) is 4.79 Å². The van der Waals surface area contributed by atoms with Crippen LogP contribution in [0.25, 0.3) is 0 Å². The van der Waals surface area contributed by atoms with Gasteiger partial charge in [-0.1, -0.05) is 6.07 Å². The van der Waals surface area contributed by atoms with Crippen molar-refractivity contribution < 1.29 is 14.7 Å². The van der Waals surface area contributed by atoms with E-state index in [1.165, 1.54) is 10.9 Å². The number of aromatic nitrogens is 3. The van der Waals surface area contributed by atoms with E-state index in [4.69, 9.17) is 0 Å². The van der Waals surface area contributed by atoms with Crippen LogP contribution in [-0.2, 0) is 18.4 Å². The number of amides is 2. The van der Waals surface area contributed by atoms with Crippen LogP contribution in [0.1, 0.15) is 17.2 Å². The van der Waals surface area contributed by atoms with Gasteiger partial charge in [0.15, 0.2) is 6.04 Å². The normalized spacial score (nSPS) is 11.7. The number of nitrogens with zero attached hydrogens (tertiary/aromatic N) is 3. The highest BCUT2D eigenvalue weighted by molar-refractivity contribution is 5.83. The lowest BCUT2D eigenvalue weighted by atomic mass is 10.1. The fraction of sp³-hybridized carbons (Fsp3) is 0.231. The molecule has 0 aliphatic rings. The Morgan fingerprint density at radius 3 is 2.81 bits per heavy atom. The smallest absolute Gasteiger partial charge is 0.331 e. The van der Waals surface area contributed by atoms with E-state index in [0.717, 1.165) is 5.56 Å². The minimum atomic E-state index is -1.15. The monoisotopic (exact) mass is 289 g/mol. The first-order valence-electron chi connectivity index (χ1n) is 6.21. The molecule has 8 nitrogen and oxygen atoms in total. The number of carbonyl (C=O) groups is 2. The topological polar surface area (TPSA) is 109 Å². The highest BCUT2D eigenvalue weighted by atomic mass is 16.4. The van der Waals surface area contributed by atoms with Crippen LogP contribution in [0, 0.1) is 0 Å². The molecule has 0 aromatic carbocycles. The average Bonchev–Trinajstić information content (AvgIpc) is 2.89. The van der Waals surface area contributed by atoms with Crippen LogP contribution in [0.3, 0.4) is 0 Å². The molecule has 0 fully saturated rings.